The maximum Gasteiger partial charge on any atom is 0.418 e. The number of halogens is 4. The Kier molecular flexibility index (Phi) is 4.08. The van der Waals surface area contributed by atoms with Crippen molar-refractivity contribution >= 4 is 21.6 Å². The van der Waals surface area contributed by atoms with Gasteiger partial charge in [-0.05, 0) is 46.5 Å². The molecule has 1 aliphatic rings. The Labute approximate surface area is 117 Å². The summed E-state index contributed by atoms with van der Waals surface area (Å²) < 4.78 is 38.5. The van der Waals surface area contributed by atoms with Gasteiger partial charge >= 0.3 is 6.18 Å². The normalized spacial score (nSPS) is 17.5. The third-order valence-corrected chi connectivity index (χ3v) is 3.68. The van der Waals surface area contributed by atoms with Gasteiger partial charge in [0.05, 0.1) is 17.4 Å². The van der Waals surface area contributed by atoms with Crippen molar-refractivity contribution in [2.45, 2.75) is 31.2 Å². The predicted molar refractivity (Wildman–Crippen MR) is 69.5 cm³/mol. The Morgan fingerprint density at radius 3 is 2.58 bits per heavy atom. The number of benzene rings is 1. The lowest BCUT2D eigenvalue weighted by molar-refractivity contribution is -0.137. The van der Waals surface area contributed by atoms with E-state index in [0.717, 1.165) is 18.9 Å². The Balaban J connectivity index is 2.22. The van der Waals surface area contributed by atoms with Gasteiger partial charge in [0.15, 0.2) is 0 Å². The minimum atomic E-state index is -4.54. The Bertz CT molecular complexity index is 475. The molecule has 1 atom stereocenters. The molecule has 1 aromatic carbocycles. The minimum Gasteiger partial charge on any atom is -0.397 e. The zero-order valence-electron chi connectivity index (χ0n) is 9.97. The summed E-state index contributed by atoms with van der Waals surface area (Å²) in [5.41, 5.74) is 4.31. The van der Waals surface area contributed by atoms with Gasteiger partial charge in [0, 0.05) is 17.1 Å². The fourth-order valence-electron chi connectivity index (χ4n) is 1.75. The molecule has 0 saturated heterocycles. The van der Waals surface area contributed by atoms with E-state index in [1.165, 1.54) is 6.07 Å². The maximum absolute atomic E-state index is 12.8. The summed E-state index contributed by atoms with van der Waals surface area (Å²) >= 11 is 2.99. The summed E-state index contributed by atoms with van der Waals surface area (Å²) in [5, 5.41) is 13.0. The fourth-order valence-corrected chi connectivity index (χ4v) is 2.23. The van der Waals surface area contributed by atoms with Crippen molar-refractivity contribution in [2.24, 2.45) is 0 Å². The molecule has 106 valence electrons. The van der Waals surface area contributed by atoms with Crippen LogP contribution in [0.4, 0.5) is 18.9 Å². The van der Waals surface area contributed by atoms with Crippen LogP contribution >= 0.6 is 15.9 Å². The largest absolute Gasteiger partial charge is 0.418 e. The molecule has 1 saturated carbocycles. The summed E-state index contributed by atoms with van der Waals surface area (Å²) in [6.45, 7) is 0.234. The Morgan fingerprint density at radius 1 is 1.42 bits per heavy atom. The molecule has 7 heteroatoms. The molecule has 4 N–H and O–H groups in total. The van der Waals surface area contributed by atoms with Gasteiger partial charge in [-0.25, -0.2) is 0 Å². The number of rotatable bonds is 4. The number of nitrogens with one attached hydrogen (secondary N) is 1. The van der Waals surface area contributed by atoms with Crippen LogP contribution in [-0.4, -0.2) is 17.7 Å². The van der Waals surface area contributed by atoms with Crippen LogP contribution in [0.3, 0.4) is 0 Å². The highest BCUT2D eigenvalue weighted by Crippen LogP contribution is 2.39. The third kappa shape index (κ3) is 3.61. The van der Waals surface area contributed by atoms with Crippen molar-refractivity contribution in [2.75, 3.05) is 12.3 Å². The highest BCUT2D eigenvalue weighted by molar-refractivity contribution is 9.10. The second-order valence-electron chi connectivity index (χ2n) is 4.66. The second-order valence-corrected chi connectivity index (χ2v) is 5.51. The molecule has 0 aliphatic heterocycles. The van der Waals surface area contributed by atoms with Crippen LogP contribution in [0.5, 0.6) is 0 Å². The van der Waals surface area contributed by atoms with Gasteiger partial charge in [0.2, 0.25) is 0 Å². The molecule has 0 spiro atoms. The average molecular weight is 339 g/mol. The molecule has 1 fully saturated rings. The smallest absolute Gasteiger partial charge is 0.397 e. The maximum atomic E-state index is 12.8. The lowest BCUT2D eigenvalue weighted by Gasteiger charge is -2.17. The lowest BCUT2D eigenvalue weighted by Crippen LogP contribution is -2.23. The van der Waals surface area contributed by atoms with E-state index in [9.17, 15) is 18.3 Å². The molecule has 2 rings (SSSR count). The van der Waals surface area contributed by atoms with Crippen molar-refractivity contribution in [1.29, 1.82) is 0 Å². The molecule has 0 heterocycles. The van der Waals surface area contributed by atoms with Gasteiger partial charge in [0.1, 0.15) is 0 Å². The molecule has 0 aromatic heterocycles. The van der Waals surface area contributed by atoms with Crippen LogP contribution in [0.2, 0.25) is 0 Å². The van der Waals surface area contributed by atoms with E-state index in [1.807, 2.05) is 0 Å². The van der Waals surface area contributed by atoms with Gasteiger partial charge in [-0.2, -0.15) is 13.2 Å². The number of nitrogens with two attached hydrogens (primary N) is 1. The predicted octanol–water partition coefficient (Wildman–Crippen LogP) is 2.84. The topological polar surface area (TPSA) is 58.3 Å². The molecule has 1 aliphatic carbocycles. The van der Waals surface area contributed by atoms with Crippen LogP contribution in [0.15, 0.2) is 16.6 Å². The number of hydrogen-bond acceptors (Lipinski definition) is 3. The van der Waals surface area contributed by atoms with E-state index in [-0.39, 0.29) is 22.3 Å². The molecule has 0 bridgehead atoms. The van der Waals surface area contributed by atoms with Gasteiger partial charge in [-0.3, -0.25) is 0 Å². The van der Waals surface area contributed by atoms with Crippen molar-refractivity contribution in [3.63, 3.8) is 0 Å². The highest BCUT2D eigenvalue weighted by atomic mass is 79.9. The summed E-state index contributed by atoms with van der Waals surface area (Å²) in [7, 11) is 0. The molecular formula is C12H14BrF3N2O. The van der Waals surface area contributed by atoms with Gasteiger partial charge in [-0.15, -0.1) is 0 Å². The number of nitrogen functional groups attached to an aromatic ring is 1. The van der Waals surface area contributed by atoms with Crippen molar-refractivity contribution in [3.8, 4) is 0 Å². The van der Waals surface area contributed by atoms with Gasteiger partial charge < -0.3 is 16.2 Å². The molecule has 0 amide bonds. The van der Waals surface area contributed by atoms with E-state index >= 15 is 0 Å². The first-order chi connectivity index (χ1) is 8.79. The van der Waals surface area contributed by atoms with Crippen LogP contribution in [0.25, 0.3) is 0 Å². The van der Waals surface area contributed by atoms with Crippen LogP contribution < -0.4 is 11.1 Å². The Morgan fingerprint density at radius 2 is 2.05 bits per heavy atom. The van der Waals surface area contributed by atoms with Crippen LogP contribution in [-0.2, 0) is 6.18 Å². The summed E-state index contributed by atoms with van der Waals surface area (Å²) in [4.78, 5) is 0. The zero-order valence-corrected chi connectivity index (χ0v) is 11.6. The first-order valence-corrected chi connectivity index (χ1v) is 6.66. The van der Waals surface area contributed by atoms with Crippen molar-refractivity contribution < 1.29 is 18.3 Å². The summed E-state index contributed by atoms with van der Waals surface area (Å²) in [6.07, 6.45) is -3.43. The highest BCUT2D eigenvalue weighted by Gasteiger charge is 2.34. The number of anilines is 1. The zero-order chi connectivity index (χ0) is 14.2. The van der Waals surface area contributed by atoms with Crippen LogP contribution in [0, 0.1) is 0 Å². The monoisotopic (exact) mass is 338 g/mol. The van der Waals surface area contributed by atoms with E-state index in [2.05, 4.69) is 21.2 Å². The first-order valence-electron chi connectivity index (χ1n) is 5.86. The lowest BCUT2D eigenvalue weighted by atomic mass is 10.0. The van der Waals surface area contributed by atoms with Crippen LogP contribution in [0.1, 0.15) is 30.1 Å². The van der Waals surface area contributed by atoms with E-state index in [4.69, 9.17) is 5.73 Å². The molecule has 3 nitrogen and oxygen atoms in total. The van der Waals surface area contributed by atoms with Gasteiger partial charge in [0.25, 0.3) is 0 Å². The summed E-state index contributed by atoms with van der Waals surface area (Å²) in [5.74, 6) is 0. The molecule has 1 unspecified atom stereocenters. The molecular weight excluding hydrogens is 325 g/mol. The molecule has 1 aromatic rings. The first kappa shape index (κ1) is 14.6. The van der Waals surface area contributed by atoms with E-state index < -0.39 is 17.8 Å². The second kappa shape index (κ2) is 5.30. The third-order valence-electron chi connectivity index (χ3n) is 3.02. The van der Waals surface area contributed by atoms with Crippen molar-refractivity contribution in [1.82, 2.24) is 5.32 Å². The summed E-state index contributed by atoms with van der Waals surface area (Å²) in [6, 6.07) is 2.71. The van der Waals surface area contributed by atoms with Gasteiger partial charge in [-0.1, -0.05) is 0 Å². The molecule has 19 heavy (non-hydrogen) atoms. The quantitative estimate of drug-likeness (QED) is 0.740. The number of hydrogen-bond donors (Lipinski definition) is 3. The molecule has 0 radical (unpaired) electrons. The van der Waals surface area contributed by atoms with E-state index in [1.54, 1.807) is 0 Å². The number of aliphatic hydroxyl groups is 1. The minimum absolute atomic E-state index is 0.141. The average Bonchev–Trinajstić information content (AvgIpc) is 3.11. The standard InChI is InChI=1S/C12H14BrF3N2O/c13-9-4-6(10(19)5-18-7-1-2-7)3-8(11(9)17)12(14,15)16/h3-4,7,10,18-19H,1-2,5,17H2. The number of aliphatic hydroxyl groups excluding tert-OH is 1. The Hall–Kier alpha value is -0.790. The van der Waals surface area contributed by atoms with Crippen molar-refractivity contribution in [3.05, 3.63) is 27.7 Å². The SMILES string of the molecule is Nc1c(Br)cc(C(O)CNC2CC2)cc1C(F)(F)F. The fraction of sp³-hybridized carbons (Fsp3) is 0.500. The number of alkyl halides is 3. The van der Waals surface area contributed by atoms with E-state index in [0.29, 0.717) is 6.04 Å².